The van der Waals surface area contributed by atoms with E-state index in [0.717, 1.165) is 17.8 Å². The van der Waals surface area contributed by atoms with Gasteiger partial charge in [0.2, 0.25) is 0 Å². The number of nitrogens with one attached hydrogen (secondary N) is 1. The van der Waals surface area contributed by atoms with Crippen molar-refractivity contribution in [3.05, 3.63) is 54.4 Å². The van der Waals surface area contributed by atoms with Gasteiger partial charge in [-0.3, -0.25) is 4.98 Å². The maximum Gasteiger partial charge on any atom is 0.416 e. The lowest BCUT2D eigenvalue weighted by Crippen LogP contribution is -2.04. The normalized spacial score (nSPS) is 11.2. The van der Waals surface area contributed by atoms with Gasteiger partial charge in [0.05, 0.1) is 5.56 Å². The van der Waals surface area contributed by atoms with Crippen molar-refractivity contribution < 1.29 is 13.2 Å². The van der Waals surface area contributed by atoms with Crippen LogP contribution in [0.15, 0.2) is 48.8 Å². The van der Waals surface area contributed by atoms with Crippen LogP contribution in [-0.4, -0.2) is 4.98 Å². The van der Waals surface area contributed by atoms with Gasteiger partial charge in [0.25, 0.3) is 0 Å². The third kappa shape index (κ3) is 2.96. The molecule has 1 aromatic heterocycles. The molecule has 0 radical (unpaired) electrons. The molecule has 0 atom stereocenters. The fourth-order valence-electron chi connectivity index (χ4n) is 1.34. The Balaban J connectivity index is 2.14. The monoisotopic (exact) mass is 238 g/mol. The van der Waals surface area contributed by atoms with Crippen LogP contribution in [-0.2, 0) is 6.18 Å². The lowest BCUT2D eigenvalue weighted by Gasteiger charge is -2.09. The van der Waals surface area contributed by atoms with Crippen LogP contribution < -0.4 is 5.32 Å². The third-order valence-electron chi connectivity index (χ3n) is 2.18. The van der Waals surface area contributed by atoms with E-state index in [1.165, 1.54) is 12.1 Å². The molecule has 5 heteroatoms. The smallest absolute Gasteiger partial charge is 0.355 e. The van der Waals surface area contributed by atoms with Crippen LogP contribution in [0.25, 0.3) is 0 Å². The second-order valence-corrected chi connectivity index (χ2v) is 3.44. The molecular formula is C12H9F3N2. The Hall–Kier alpha value is -2.04. The quantitative estimate of drug-likeness (QED) is 0.859. The maximum absolute atomic E-state index is 12.3. The van der Waals surface area contributed by atoms with E-state index in [1.54, 1.807) is 24.5 Å². The Morgan fingerprint density at radius 3 is 1.88 bits per heavy atom. The first kappa shape index (κ1) is 11.4. The minimum Gasteiger partial charge on any atom is -0.355 e. The standard InChI is InChI=1S/C12H9F3N2/c13-12(14,15)9-1-3-10(4-2-9)17-11-5-7-16-8-6-11/h1-8H,(H,16,17). The first-order valence-corrected chi connectivity index (χ1v) is 4.90. The minimum absolute atomic E-state index is 0.601. The van der Waals surface area contributed by atoms with Crippen molar-refractivity contribution in [3.63, 3.8) is 0 Å². The Morgan fingerprint density at radius 2 is 1.35 bits per heavy atom. The zero-order valence-corrected chi connectivity index (χ0v) is 8.70. The van der Waals surface area contributed by atoms with Crippen LogP contribution in [0.2, 0.25) is 0 Å². The third-order valence-corrected chi connectivity index (χ3v) is 2.18. The highest BCUT2D eigenvalue weighted by Gasteiger charge is 2.29. The van der Waals surface area contributed by atoms with Crippen molar-refractivity contribution in [1.29, 1.82) is 0 Å². The average Bonchev–Trinajstić information content (AvgIpc) is 2.30. The second kappa shape index (κ2) is 4.45. The molecule has 1 aromatic carbocycles. The van der Waals surface area contributed by atoms with Gasteiger partial charge in [-0.1, -0.05) is 0 Å². The van der Waals surface area contributed by atoms with Crippen LogP contribution in [0.3, 0.4) is 0 Å². The molecule has 0 fully saturated rings. The zero-order chi connectivity index (χ0) is 12.3. The molecule has 1 heterocycles. The number of hydrogen-bond donors (Lipinski definition) is 1. The first-order valence-electron chi connectivity index (χ1n) is 4.90. The number of aromatic nitrogens is 1. The van der Waals surface area contributed by atoms with Crippen molar-refractivity contribution >= 4 is 11.4 Å². The SMILES string of the molecule is FC(F)(F)c1ccc(Nc2ccncc2)cc1. The number of alkyl halides is 3. The van der Waals surface area contributed by atoms with Gasteiger partial charge in [-0.15, -0.1) is 0 Å². The fraction of sp³-hybridized carbons (Fsp3) is 0.0833. The van der Waals surface area contributed by atoms with E-state index in [0.29, 0.717) is 5.69 Å². The fourth-order valence-corrected chi connectivity index (χ4v) is 1.34. The highest BCUT2D eigenvalue weighted by Crippen LogP contribution is 2.30. The summed E-state index contributed by atoms with van der Waals surface area (Å²) in [5, 5.41) is 2.98. The lowest BCUT2D eigenvalue weighted by atomic mass is 10.2. The van der Waals surface area contributed by atoms with Gasteiger partial charge in [0.15, 0.2) is 0 Å². The highest BCUT2D eigenvalue weighted by atomic mass is 19.4. The van der Waals surface area contributed by atoms with E-state index in [1.807, 2.05) is 0 Å². The first-order chi connectivity index (χ1) is 8.05. The molecule has 2 aromatic rings. The Morgan fingerprint density at radius 1 is 0.824 bits per heavy atom. The van der Waals surface area contributed by atoms with Crippen molar-refractivity contribution in [2.75, 3.05) is 5.32 Å². The number of nitrogens with zero attached hydrogens (tertiary/aromatic N) is 1. The van der Waals surface area contributed by atoms with Crippen LogP contribution >= 0.6 is 0 Å². The molecule has 0 saturated carbocycles. The van der Waals surface area contributed by atoms with Gasteiger partial charge in [0.1, 0.15) is 0 Å². The number of benzene rings is 1. The summed E-state index contributed by atoms with van der Waals surface area (Å²) in [6, 6.07) is 8.34. The van der Waals surface area contributed by atoms with Crippen LogP contribution in [0.1, 0.15) is 5.56 Å². The Kier molecular flexibility index (Phi) is 2.99. The molecule has 0 saturated heterocycles. The van der Waals surface area contributed by atoms with Gasteiger partial charge in [-0.2, -0.15) is 13.2 Å². The molecule has 2 nitrogen and oxygen atoms in total. The number of anilines is 2. The summed E-state index contributed by atoms with van der Waals surface area (Å²) in [7, 11) is 0. The predicted molar refractivity (Wildman–Crippen MR) is 59.0 cm³/mol. The Labute approximate surface area is 96.1 Å². The average molecular weight is 238 g/mol. The number of halogens is 3. The summed E-state index contributed by atoms with van der Waals surface area (Å²) < 4.78 is 37.0. The molecule has 0 bridgehead atoms. The molecule has 0 aliphatic carbocycles. The largest absolute Gasteiger partial charge is 0.416 e. The van der Waals surface area contributed by atoms with Crippen LogP contribution in [0, 0.1) is 0 Å². The summed E-state index contributed by atoms with van der Waals surface area (Å²) in [5.41, 5.74) is 0.724. The van der Waals surface area contributed by atoms with E-state index >= 15 is 0 Å². The van der Waals surface area contributed by atoms with Crippen LogP contribution in [0.4, 0.5) is 24.5 Å². The van der Waals surface area contributed by atoms with Crippen LogP contribution in [0.5, 0.6) is 0 Å². The topological polar surface area (TPSA) is 24.9 Å². The van der Waals surface area contributed by atoms with Crippen molar-refractivity contribution in [1.82, 2.24) is 4.98 Å². The summed E-state index contributed by atoms with van der Waals surface area (Å²) in [4.78, 5) is 3.84. The van der Waals surface area contributed by atoms with Crippen molar-refractivity contribution in [3.8, 4) is 0 Å². The van der Waals surface area contributed by atoms with Crippen molar-refractivity contribution in [2.45, 2.75) is 6.18 Å². The molecule has 0 aliphatic rings. The zero-order valence-electron chi connectivity index (χ0n) is 8.70. The van der Waals surface area contributed by atoms with E-state index < -0.39 is 11.7 Å². The van der Waals surface area contributed by atoms with Gasteiger partial charge >= 0.3 is 6.18 Å². The summed E-state index contributed by atoms with van der Waals surface area (Å²) >= 11 is 0. The second-order valence-electron chi connectivity index (χ2n) is 3.44. The number of pyridine rings is 1. The van der Waals surface area contributed by atoms with E-state index in [-0.39, 0.29) is 0 Å². The summed E-state index contributed by atoms with van der Waals surface area (Å²) in [6.07, 6.45) is -1.09. The molecule has 17 heavy (non-hydrogen) atoms. The molecule has 88 valence electrons. The summed E-state index contributed by atoms with van der Waals surface area (Å²) in [5.74, 6) is 0. The highest BCUT2D eigenvalue weighted by molar-refractivity contribution is 5.59. The molecule has 0 spiro atoms. The van der Waals surface area contributed by atoms with Gasteiger partial charge in [0, 0.05) is 23.8 Å². The lowest BCUT2D eigenvalue weighted by molar-refractivity contribution is -0.137. The molecule has 2 rings (SSSR count). The predicted octanol–water partition coefficient (Wildman–Crippen LogP) is 3.84. The van der Waals surface area contributed by atoms with Gasteiger partial charge in [-0.05, 0) is 36.4 Å². The van der Waals surface area contributed by atoms with Gasteiger partial charge < -0.3 is 5.32 Å². The van der Waals surface area contributed by atoms with E-state index in [4.69, 9.17) is 0 Å². The minimum atomic E-state index is -4.30. The van der Waals surface area contributed by atoms with Gasteiger partial charge in [-0.25, -0.2) is 0 Å². The molecule has 1 N–H and O–H groups in total. The van der Waals surface area contributed by atoms with E-state index in [2.05, 4.69) is 10.3 Å². The molecular weight excluding hydrogens is 229 g/mol. The maximum atomic E-state index is 12.3. The molecule has 0 unspecified atom stereocenters. The van der Waals surface area contributed by atoms with E-state index in [9.17, 15) is 13.2 Å². The number of hydrogen-bond acceptors (Lipinski definition) is 2. The Bertz CT molecular complexity index is 477. The molecule has 0 amide bonds. The summed E-state index contributed by atoms with van der Waals surface area (Å²) in [6.45, 7) is 0. The van der Waals surface area contributed by atoms with Crippen molar-refractivity contribution in [2.24, 2.45) is 0 Å². The molecule has 0 aliphatic heterocycles. The number of rotatable bonds is 2.